The molecule has 7 heavy (non-hydrogen) atoms. The second kappa shape index (κ2) is 5.03. The van der Waals surface area contributed by atoms with Gasteiger partial charge in [-0.2, -0.15) is 0 Å². The topological polar surface area (TPSA) is 21.6 Å². The van der Waals surface area contributed by atoms with E-state index in [2.05, 4.69) is 28.9 Å². The third-order valence-electron chi connectivity index (χ3n) is 0.275. The first kappa shape index (κ1) is 6.03. The number of nitrogens with zero attached hydrogens (tertiary/aromatic N) is 1. The number of rotatable bonds is 1. The minimum atomic E-state index is 1.28. The molecule has 0 aromatic carbocycles. The molecule has 0 saturated heterocycles. The minimum absolute atomic E-state index is 1.28. The summed E-state index contributed by atoms with van der Waals surface area (Å²) in [6, 6.07) is 0. The Morgan fingerprint density at radius 2 is 2.57 bits per heavy atom. The summed E-state index contributed by atoms with van der Waals surface area (Å²) in [5, 5.41) is 3.25. The van der Waals surface area contributed by atoms with Crippen LogP contribution in [0.3, 0.4) is 0 Å². The molecule has 37 valence electrons. The van der Waals surface area contributed by atoms with Crippen molar-refractivity contribution >= 4 is 6.21 Å². The second-order valence-electron chi connectivity index (χ2n) is 0.731. The van der Waals surface area contributed by atoms with Crippen LogP contribution in [-0.2, 0) is 4.84 Å². The van der Waals surface area contributed by atoms with Gasteiger partial charge in [-0.15, -0.1) is 0 Å². The molecule has 0 rings (SSSR count). The van der Waals surface area contributed by atoms with Crippen LogP contribution in [0.2, 0.25) is 0 Å². The lowest BCUT2D eigenvalue weighted by atomic mass is 10.8. The lowest BCUT2D eigenvalue weighted by molar-refractivity contribution is 0.301. The zero-order valence-corrected chi connectivity index (χ0v) is 4.14. The molecular formula is C5H6NO. The summed E-state index contributed by atoms with van der Waals surface area (Å²) >= 11 is 0. The molecule has 0 amide bonds. The predicted molar refractivity (Wildman–Crippen MR) is 28.4 cm³/mol. The van der Waals surface area contributed by atoms with Gasteiger partial charge in [0, 0.05) is 13.1 Å². The van der Waals surface area contributed by atoms with E-state index in [9.17, 15) is 0 Å². The lowest BCUT2D eigenvalue weighted by Crippen LogP contribution is -1.65. The molecule has 0 unspecified atom stereocenters. The van der Waals surface area contributed by atoms with Gasteiger partial charge < -0.3 is 4.84 Å². The summed E-state index contributed by atoms with van der Waals surface area (Å²) in [7, 11) is 0. The quantitative estimate of drug-likeness (QED) is 0.269. The molecule has 0 aliphatic rings. The van der Waals surface area contributed by atoms with Crippen LogP contribution in [0.1, 0.15) is 6.92 Å². The molecule has 0 spiro atoms. The van der Waals surface area contributed by atoms with Crippen molar-refractivity contribution in [1.82, 2.24) is 0 Å². The van der Waals surface area contributed by atoms with Crippen LogP contribution in [0.5, 0.6) is 0 Å². The largest absolute Gasteiger partial charge is 0.304 e. The van der Waals surface area contributed by atoms with Crippen molar-refractivity contribution in [1.29, 1.82) is 0 Å². The van der Waals surface area contributed by atoms with E-state index >= 15 is 0 Å². The maximum Gasteiger partial charge on any atom is 0.148 e. The van der Waals surface area contributed by atoms with Crippen molar-refractivity contribution in [2.75, 3.05) is 0 Å². The monoisotopic (exact) mass is 96.0 g/mol. The average molecular weight is 96.1 g/mol. The zero-order valence-electron chi connectivity index (χ0n) is 4.14. The fourth-order valence-corrected chi connectivity index (χ4v) is 0.109. The molecule has 2 heteroatoms. The Hall–Kier alpha value is -0.970. The van der Waals surface area contributed by atoms with Gasteiger partial charge in [0.25, 0.3) is 0 Å². The number of hydrogen-bond acceptors (Lipinski definition) is 2. The molecule has 0 fully saturated rings. The van der Waals surface area contributed by atoms with Crippen LogP contribution in [0.25, 0.3) is 0 Å². The average Bonchev–Trinajstić information content (AvgIpc) is 1.69. The molecule has 1 radical (unpaired) electrons. The first-order valence-electron chi connectivity index (χ1n) is 1.80. The van der Waals surface area contributed by atoms with Crippen LogP contribution >= 0.6 is 0 Å². The standard InChI is InChI=1S/C5H6NO/c1-3-5-7-6-4-2/h4H,2H2,1H3. The molecule has 2 nitrogen and oxygen atoms in total. The highest BCUT2D eigenvalue weighted by atomic mass is 16.6. The first-order valence-corrected chi connectivity index (χ1v) is 1.80. The zero-order chi connectivity index (χ0) is 5.54. The molecule has 0 heterocycles. The predicted octanol–water partition coefficient (Wildman–Crippen LogP) is 0.804. The van der Waals surface area contributed by atoms with E-state index in [1.807, 2.05) is 0 Å². The fourth-order valence-electron chi connectivity index (χ4n) is 0.109. The van der Waals surface area contributed by atoms with E-state index in [0.29, 0.717) is 0 Å². The van der Waals surface area contributed by atoms with Gasteiger partial charge in [-0.1, -0.05) is 11.1 Å². The summed E-state index contributed by atoms with van der Waals surface area (Å²) in [5.41, 5.74) is 0. The van der Waals surface area contributed by atoms with Crippen LogP contribution in [0.15, 0.2) is 5.16 Å². The summed E-state index contributed by atoms with van der Waals surface area (Å²) in [4.78, 5) is 4.28. The van der Waals surface area contributed by atoms with Gasteiger partial charge in [-0.05, 0) is 6.92 Å². The summed E-state index contributed by atoms with van der Waals surface area (Å²) < 4.78 is 0. The van der Waals surface area contributed by atoms with Crippen LogP contribution in [-0.4, -0.2) is 6.21 Å². The van der Waals surface area contributed by atoms with Crippen LogP contribution in [0, 0.1) is 19.0 Å². The highest BCUT2D eigenvalue weighted by Crippen LogP contribution is 1.64. The van der Waals surface area contributed by atoms with Crippen LogP contribution < -0.4 is 0 Å². The van der Waals surface area contributed by atoms with E-state index < -0.39 is 0 Å². The Bertz CT molecular complexity index is 107. The first-order chi connectivity index (χ1) is 3.41. The second-order valence-corrected chi connectivity index (χ2v) is 0.731. The van der Waals surface area contributed by atoms with E-state index in [-0.39, 0.29) is 0 Å². The Morgan fingerprint density at radius 1 is 1.86 bits per heavy atom. The summed E-state index contributed by atoms with van der Waals surface area (Å²) in [5.74, 6) is 2.49. The fraction of sp³-hybridized carbons (Fsp3) is 0.200. The highest BCUT2D eigenvalue weighted by molar-refractivity contribution is 5.60. The van der Waals surface area contributed by atoms with Crippen molar-refractivity contribution in [2.45, 2.75) is 6.92 Å². The molecule has 0 aromatic heterocycles. The van der Waals surface area contributed by atoms with Gasteiger partial charge >= 0.3 is 0 Å². The van der Waals surface area contributed by atoms with E-state index in [1.165, 1.54) is 6.21 Å². The normalized spacial score (nSPS) is 7.71. The van der Waals surface area contributed by atoms with Gasteiger partial charge in [0.05, 0.1) is 0 Å². The van der Waals surface area contributed by atoms with Gasteiger partial charge in [0.15, 0.2) is 0 Å². The van der Waals surface area contributed by atoms with Gasteiger partial charge in [-0.3, -0.25) is 0 Å². The molecule has 0 atom stereocenters. The maximum atomic E-state index is 4.28. The molecule has 0 N–H and O–H groups in total. The Morgan fingerprint density at radius 3 is 3.00 bits per heavy atom. The lowest BCUT2D eigenvalue weighted by Gasteiger charge is -1.74. The van der Waals surface area contributed by atoms with Crippen molar-refractivity contribution < 1.29 is 4.84 Å². The Kier molecular flexibility index (Phi) is 4.33. The number of oxime groups is 1. The highest BCUT2D eigenvalue weighted by Gasteiger charge is 1.56. The van der Waals surface area contributed by atoms with Crippen molar-refractivity contribution in [3.05, 3.63) is 6.92 Å². The summed E-state index contributed by atoms with van der Waals surface area (Å²) in [6.45, 7) is 4.94. The molecule has 0 bridgehead atoms. The van der Waals surface area contributed by atoms with Crippen LogP contribution in [0.4, 0.5) is 0 Å². The SMILES string of the molecule is [CH2]C=NOC#CC. The number of hydrogen-bond donors (Lipinski definition) is 0. The molecule has 0 aliphatic heterocycles. The van der Waals surface area contributed by atoms with Crippen molar-refractivity contribution in [3.63, 3.8) is 0 Å². The Balaban J connectivity index is 3.09. The van der Waals surface area contributed by atoms with Crippen molar-refractivity contribution in [3.8, 4) is 12.0 Å². The van der Waals surface area contributed by atoms with E-state index in [1.54, 1.807) is 6.92 Å². The molecule has 0 saturated carbocycles. The molecule has 0 aromatic rings. The smallest absolute Gasteiger partial charge is 0.148 e. The molecule has 0 aliphatic carbocycles. The van der Waals surface area contributed by atoms with Gasteiger partial charge in [0.1, 0.15) is 6.11 Å². The molecular weight excluding hydrogens is 90.1 g/mol. The van der Waals surface area contributed by atoms with Crippen molar-refractivity contribution in [2.24, 2.45) is 5.16 Å². The third-order valence-corrected chi connectivity index (χ3v) is 0.275. The van der Waals surface area contributed by atoms with Gasteiger partial charge in [-0.25, -0.2) is 0 Å². The third kappa shape index (κ3) is 5.03. The summed E-state index contributed by atoms with van der Waals surface area (Å²) in [6.07, 6.45) is 3.54. The van der Waals surface area contributed by atoms with Gasteiger partial charge in [0.2, 0.25) is 0 Å². The maximum absolute atomic E-state index is 4.28. The van der Waals surface area contributed by atoms with E-state index in [4.69, 9.17) is 0 Å². The Labute approximate surface area is 43.2 Å². The minimum Gasteiger partial charge on any atom is -0.304 e. The van der Waals surface area contributed by atoms with E-state index in [0.717, 1.165) is 0 Å².